The average Bonchev–Trinajstić information content (AvgIpc) is 2.74. The van der Waals surface area contributed by atoms with Crippen LogP contribution in [0.25, 0.3) is 0 Å². The van der Waals surface area contributed by atoms with Crippen LogP contribution in [-0.2, 0) is 6.54 Å². The maximum atomic E-state index is 12.2. The lowest BCUT2D eigenvalue weighted by Gasteiger charge is -2.16. The summed E-state index contributed by atoms with van der Waals surface area (Å²) in [6.45, 7) is 2.16. The Balaban J connectivity index is 2.14. The number of carbonyl (C=O) groups is 1. The Bertz CT molecular complexity index is 610. The molecule has 0 aliphatic rings. The van der Waals surface area contributed by atoms with E-state index in [1.54, 1.807) is 38.2 Å². The Morgan fingerprint density at radius 1 is 1.47 bits per heavy atom. The van der Waals surface area contributed by atoms with Crippen LogP contribution in [-0.4, -0.2) is 23.0 Å². The van der Waals surface area contributed by atoms with Crippen LogP contribution >= 0.6 is 11.6 Å². The number of benzene rings is 1. The molecule has 1 heterocycles. The number of aromatic nitrogens is 1. The number of aryl methyl sites for hydroxylation is 1. The van der Waals surface area contributed by atoms with E-state index in [9.17, 15) is 4.79 Å². The monoisotopic (exact) mass is 279 g/mol. The number of nitrogens with two attached hydrogens (primary N) is 1. The third-order valence-electron chi connectivity index (χ3n) is 2.67. The molecule has 0 bridgehead atoms. The van der Waals surface area contributed by atoms with Crippen LogP contribution in [0.3, 0.4) is 0 Å². The molecule has 19 heavy (non-hydrogen) atoms. The number of halogens is 1. The molecule has 0 radical (unpaired) electrons. The smallest absolute Gasteiger partial charge is 0.256 e. The van der Waals surface area contributed by atoms with Gasteiger partial charge in [-0.1, -0.05) is 16.8 Å². The Hall–Kier alpha value is -2.01. The SMILES string of the molecule is Cc1cc(CN(C)C(=O)c2ccc(Cl)cc2N)no1. The van der Waals surface area contributed by atoms with Gasteiger partial charge in [-0.3, -0.25) is 4.79 Å². The van der Waals surface area contributed by atoms with Gasteiger partial charge in [0, 0.05) is 23.8 Å². The van der Waals surface area contributed by atoms with Gasteiger partial charge in [0.25, 0.3) is 5.91 Å². The van der Waals surface area contributed by atoms with E-state index in [1.165, 1.54) is 4.90 Å². The second-order valence-electron chi connectivity index (χ2n) is 4.32. The molecule has 0 atom stereocenters. The fourth-order valence-corrected chi connectivity index (χ4v) is 1.92. The third-order valence-corrected chi connectivity index (χ3v) is 2.90. The van der Waals surface area contributed by atoms with Crippen LogP contribution in [0.4, 0.5) is 5.69 Å². The van der Waals surface area contributed by atoms with Crippen molar-refractivity contribution in [2.24, 2.45) is 0 Å². The molecule has 1 aromatic carbocycles. The van der Waals surface area contributed by atoms with Gasteiger partial charge in [0.2, 0.25) is 0 Å². The van der Waals surface area contributed by atoms with Gasteiger partial charge in [0.1, 0.15) is 11.5 Å². The van der Waals surface area contributed by atoms with Crippen molar-refractivity contribution in [3.05, 3.63) is 46.3 Å². The standard InChI is InChI=1S/C13H14ClN3O2/c1-8-5-10(16-19-8)7-17(2)13(18)11-4-3-9(14)6-12(11)15/h3-6H,7,15H2,1-2H3. The maximum Gasteiger partial charge on any atom is 0.256 e. The minimum absolute atomic E-state index is 0.185. The fourth-order valence-electron chi connectivity index (χ4n) is 1.74. The van der Waals surface area contributed by atoms with Crippen molar-refractivity contribution < 1.29 is 9.32 Å². The molecule has 0 fully saturated rings. The first-order valence-corrected chi connectivity index (χ1v) is 6.08. The molecule has 0 saturated heterocycles. The molecule has 2 N–H and O–H groups in total. The molecular formula is C13H14ClN3O2. The van der Waals surface area contributed by atoms with Crippen molar-refractivity contribution in [3.63, 3.8) is 0 Å². The summed E-state index contributed by atoms with van der Waals surface area (Å²) in [6.07, 6.45) is 0. The molecule has 2 aromatic rings. The first kappa shape index (κ1) is 13.4. The van der Waals surface area contributed by atoms with Crippen molar-refractivity contribution in [1.82, 2.24) is 10.1 Å². The Labute approximate surface area is 115 Å². The number of anilines is 1. The molecule has 2 rings (SSSR count). The van der Waals surface area contributed by atoms with Gasteiger partial charge >= 0.3 is 0 Å². The number of amides is 1. The molecule has 0 spiro atoms. The van der Waals surface area contributed by atoms with Gasteiger partial charge in [-0.25, -0.2) is 0 Å². The maximum absolute atomic E-state index is 12.2. The van der Waals surface area contributed by atoms with E-state index in [1.807, 2.05) is 0 Å². The predicted octanol–water partition coefficient (Wildman–Crippen LogP) is 2.49. The first-order valence-electron chi connectivity index (χ1n) is 5.70. The molecule has 5 nitrogen and oxygen atoms in total. The van der Waals surface area contributed by atoms with Crippen LogP contribution in [0.5, 0.6) is 0 Å². The van der Waals surface area contributed by atoms with Crippen molar-refractivity contribution >= 4 is 23.2 Å². The number of rotatable bonds is 3. The molecule has 0 saturated carbocycles. The van der Waals surface area contributed by atoms with Gasteiger partial charge in [-0.15, -0.1) is 0 Å². The minimum Gasteiger partial charge on any atom is -0.398 e. The van der Waals surface area contributed by atoms with E-state index >= 15 is 0 Å². The lowest BCUT2D eigenvalue weighted by molar-refractivity contribution is 0.0783. The zero-order valence-corrected chi connectivity index (χ0v) is 11.4. The normalized spacial score (nSPS) is 10.5. The third kappa shape index (κ3) is 3.06. The second-order valence-corrected chi connectivity index (χ2v) is 4.76. The summed E-state index contributed by atoms with van der Waals surface area (Å²) in [5.74, 6) is 0.525. The van der Waals surface area contributed by atoms with Crippen LogP contribution < -0.4 is 5.73 Å². The molecule has 0 aliphatic heterocycles. The molecule has 0 aliphatic carbocycles. The van der Waals surface area contributed by atoms with E-state index in [-0.39, 0.29) is 5.91 Å². The summed E-state index contributed by atoms with van der Waals surface area (Å²) < 4.78 is 4.96. The van der Waals surface area contributed by atoms with E-state index in [0.717, 1.165) is 0 Å². The zero-order chi connectivity index (χ0) is 14.0. The van der Waals surface area contributed by atoms with Crippen molar-refractivity contribution in [2.75, 3.05) is 12.8 Å². The van der Waals surface area contributed by atoms with E-state index in [0.29, 0.717) is 34.3 Å². The van der Waals surface area contributed by atoms with E-state index in [2.05, 4.69) is 5.16 Å². The highest BCUT2D eigenvalue weighted by Gasteiger charge is 2.16. The number of nitrogen functional groups attached to an aromatic ring is 1. The average molecular weight is 280 g/mol. The van der Waals surface area contributed by atoms with Crippen molar-refractivity contribution in [2.45, 2.75) is 13.5 Å². The van der Waals surface area contributed by atoms with Crippen molar-refractivity contribution in [1.29, 1.82) is 0 Å². The fraction of sp³-hybridized carbons (Fsp3) is 0.231. The lowest BCUT2D eigenvalue weighted by Crippen LogP contribution is -2.27. The van der Waals surface area contributed by atoms with Crippen molar-refractivity contribution in [3.8, 4) is 0 Å². The summed E-state index contributed by atoms with van der Waals surface area (Å²) >= 11 is 5.81. The van der Waals surface area contributed by atoms with Gasteiger partial charge in [0.15, 0.2) is 0 Å². The second kappa shape index (κ2) is 5.32. The quantitative estimate of drug-likeness (QED) is 0.876. The van der Waals surface area contributed by atoms with Crippen LogP contribution in [0.1, 0.15) is 21.8 Å². The highest BCUT2D eigenvalue weighted by molar-refractivity contribution is 6.31. The van der Waals surface area contributed by atoms with E-state index < -0.39 is 0 Å². The Morgan fingerprint density at radius 3 is 2.79 bits per heavy atom. The highest BCUT2D eigenvalue weighted by atomic mass is 35.5. The number of hydrogen-bond acceptors (Lipinski definition) is 4. The Kier molecular flexibility index (Phi) is 3.76. The molecule has 1 aromatic heterocycles. The molecule has 1 amide bonds. The van der Waals surface area contributed by atoms with Gasteiger partial charge in [-0.05, 0) is 25.1 Å². The highest BCUT2D eigenvalue weighted by Crippen LogP contribution is 2.19. The van der Waals surface area contributed by atoms with Crippen LogP contribution in [0.2, 0.25) is 5.02 Å². The number of nitrogens with zero attached hydrogens (tertiary/aromatic N) is 2. The molecule has 100 valence electrons. The largest absolute Gasteiger partial charge is 0.398 e. The van der Waals surface area contributed by atoms with Crippen LogP contribution in [0.15, 0.2) is 28.8 Å². The lowest BCUT2D eigenvalue weighted by atomic mass is 10.1. The molecular weight excluding hydrogens is 266 g/mol. The minimum atomic E-state index is -0.185. The van der Waals surface area contributed by atoms with Gasteiger partial charge in [-0.2, -0.15) is 0 Å². The summed E-state index contributed by atoms with van der Waals surface area (Å²) in [5.41, 5.74) is 7.27. The predicted molar refractivity (Wildman–Crippen MR) is 72.9 cm³/mol. The number of carbonyl (C=O) groups excluding carboxylic acids is 1. The summed E-state index contributed by atoms with van der Waals surface area (Å²) in [6, 6.07) is 6.60. The molecule has 6 heteroatoms. The van der Waals surface area contributed by atoms with E-state index in [4.69, 9.17) is 21.9 Å². The summed E-state index contributed by atoms with van der Waals surface area (Å²) in [7, 11) is 1.68. The summed E-state index contributed by atoms with van der Waals surface area (Å²) in [5, 5.41) is 4.35. The Morgan fingerprint density at radius 2 is 2.21 bits per heavy atom. The van der Waals surface area contributed by atoms with Gasteiger partial charge in [0.05, 0.1) is 12.1 Å². The zero-order valence-electron chi connectivity index (χ0n) is 10.7. The van der Waals surface area contributed by atoms with Crippen LogP contribution in [0, 0.1) is 6.92 Å². The summed E-state index contributed by atoms with van der Waals surface area (Å²) in [4.78, 5) is 13.8. The topological polar surface area (TPSA) is 72.4 Å². The first-order chi connectivity index (χ1) is 8.97. The molecule has 0 unspecified atom stereocenters. The van der Waals surface area contributed by atoms with Gasteiger partial charge < -0.3 is 15.2 Å². The number of hydrogen-bond donors (Lipinski definition) is 1.